The van der Waals surface area contributed by atoms with Crippen molar-refractivity contribution in [1.29, 1.82) is 0 Å². The van der Waals surface area contributed by atoms with Gasteiger partial charge in [-0.05, 0) is 49.4 Å². The molecule has 0 amide bonds. The molecule has 164 valence electrons. The van der Waals surface area contributed by atoms with Gasteiger partial charge in [0.05, 0.1) is 13.2 Å². The molecular formula is C25H46O3. The Morgan fingerprint density at radius 3 is 1.32 bits per heavy atom. The lowest BCUT2D eigenvalue weighted by Gasteiger charge is -2.29. The monoisotopic (exact) mass is 394 g/mol. The highest BCUT2D eigenvalue weighted by atomic mass is 16.7. The molecule has 3 heteroatoms. The molecular weight excluding hydrogens is 348 g/mol. The Bertz CT molecular complexity index is 357. The summed E-state index contributed by atoms with van der Waals surface area (Å²) < 4.78 is 10.9. The number of ether oxygens (including phenoxy) is 2. The van der Waals surface area contributed by atoms with Gasteiger partial charge in [-0.15, -0.1) is 0 Å². The molecule has 3 nitrogen and oxygen atoms in total. The van der Waals surface area contributed by atoms with Crippen LogP contribution in [0.1, 0.15) is 117 Å². The minimum Gasteiger partial charge on any atom is -0.434 e. The van der Waals surface area contributed by atoms with Gasteiger partial charge >= 0.3 is 6.16 Å². The number of hydrogen-bond acceptors (Lipinski definition) is 3. The molecule has 0 aliphatic heterocycles. The van der Waals surface area contributed by atoms with E-state index in [1.54, 1.807) is 0 Å². The second-order valence-electron chi connectivity index (χ2n) is 9.64. The smallest absolute Gasteiger partial charge is 0.434 e. The van der Waals surface area contributed by atoms with Crippen LogP contribution in [0.15, 0.2) is 0 Å². The minimum atomic E-state index is -0.435. The molecule has 0 atom stereocenters. The third kappa shape index (κ3) is 9.65. The maximum Gasteiger partial charge on any atom is 0.508 e. The van der Waals surface area contributed by atoms with Crippen molar-refractivity contribution in [2.45, 2.75) is 117 Å². The van der Waals surface area contributed by atoms with Crippen LogP contribution in [-0.2, 0) is 9.47 Å². The van der Waals surface area contributed by atoms with Crippen molar-refractivity contribution in [3.8, 4) is 0 Å². The van der Waals surface area contributed by atoms with Crippen LogP contribution >= 0.6 is 0 Å². The zero-order chi connectivity index (χ0) is 20.0. The van der Waals surface area contributed by atoms with E-state index in [0.29, 0.717) is 25.0 Å². The largest absolute Gasteiger partial charge is 0.508 e. The number of rotatable bonds is 12. The molecule has 2 saturated carbocycles. The Balaban J connectivity index is 1.47. The van der Waals surface area contributed by atoms with Crippen LogP contribution in [0, 0.1) is 23.7 Å². The summed E-state index contributed by atoms with van der Waals surface area (Å²) >= 11 is 0. The van der Waals surface area contributed by atoms with E-state index >= 15 is 0 Å². The minimum absolute atomic E-state index is 0.435. The lowest BCUT2D eigenvalue weighted by Crippen LogP contribution is -2.23. The topological polar surface area (TPSA) is 35.5 Å². The Kier molecular flexibility index (Phi) is 12.0. The summed E-state index contributed by atoms with van der Waals surface area (Å²) in [4.78, 5) is 12.0. The average molecular weight is 395 g/mol. The number of hydrogen-bond donors (Lipinski definition) is 0. The van der Waals surface area contributed by atoms with Gasteiger partial charge in [0.15, 0.2) is 0 Å². The fourth-order valence-electron chi connectivity index (χ4n) is 5.15. The molecule has 0 aromatic heterocycles. The molecule has 2 aliphatic carbocycles. The predicted molar refractivity (Wildman–Crippen MR) is 116 cm³/mol. The SMILES string of the molecule is CCCCCC1CCC(COC(=O)OCC2CCC(CCCCC)CC2)CC1. The van der Waals surface area contributed by atoms with Crippen LogP contribution in [0.5, 0.6) is 0 Å². The van der Waals surface area contributed by atoms with Crippen LogP contribution < -0.4 is 0 Å². The zero-order valence-corrected chi connectivity index (χ0v) is 18.8. The Morgan fingerprint density at radius 1 is 0.607 bits per heavy atom. The van der Waals surface area contributed by atoms with Gasteiger partial charge < -0.3 is 9.47 Å². The highest BCUT2D eigenvalue weighted by Gasteiger charge is 2.24. The zero-order valence-electron chi connectivity index (χ0n) is 18.8. The van der Waals surface area contributed by atoms with Crippen LogP contribution in [-0.4, -0.2) is 19.4 Å². The van der Waals surface area contributed by atoms with E-state index in [1.807, 2.05) is 0 Å². The summed E-state index contributed by atoms with van der Waals surface area (Å²) in [5.41, 5.74) is 0. The molecule has 0 unspecified atom stereocenters. The summed E-state index contributed by atoms with van der Waals surface area (Å²) in [5, 5.41) is 0. The van der Waals surface area contributed by atoms with Gasteiger partial charge in [0.1, 0.15) is 0 Å². The molecule has 0 aromatic rings. The molecule has 2 aliphatic rings. The van der Waals surface area contributed by atoms with E-state index in [1.165, 1.54) is 103 Å². The summed E-state index contributed by atoms with van der Waals surface area (Å²) in [6, 6.07) is 0. The van der Waals surface area contributed by atoms with E-state index in [9.17, 15) is 4.79 Å². The number of carbonyl (C=O) groups excluding carboxylic acids is 1. The molecule has 28 heavy (non-hydrogen) atoms. The van der Waals surface area contributed by atoms with E-state index in [0.717, 1.165) is 11.8 Å². The first-order chi connectivity index (χ1) is 13.7. The van der Waals surface area contributed by atoms with Gasteiger partial charge in [0.2, 0.25) is 0 Å². The van der Waals surface area contributed by atoms with Crippen LogP contribution in [0.4, 0.5) is 4.79 Å². The van der Waals surface area contributed by atoms with Crippen molar-refractivity contribution in [3.05, 3.63) is 0 Å². The molecule has 2 fully saturated rings. The Hall–Kier alpha value is -0.730. The summed E-state index contributed by atoms with van der Waals surface area (Å²) in [7, 11) is 0. The normalized spacial score (nSPS) is 28.1. The van der Waals surface area contributed by atoms with Gasteiger partial charge in [-0.2, -0.15) is 0 Å². The van der Waals surface area contributed by atoms with Crippen molar-refractivity contribution < 1.29 is 14.3 Å². The average Bonchev–Trinajstić information content (AvgIpc) is 2.73. The molecule has 0 aromatic carbocycles. The van der Waals surface area contributed by atoms with E-state index in [2.05, 4.69) is 13.8 Å². The lowest BCUT2D eigenvalue weighted by atomic mass is 9.80. The van der Waals surface area contributed by atoms with Gasteiger partial charge in [-0.25, -0.2) is 4.79 Å². The molecule has 0 bridgehead atoms. The quantitative estimate of drug-likeness (QED) is 0.249. The Morgan fingerprint density at radius 2 is 0.964 bits per heavy atom. The highest BCUT2D eigenvalue weighted by molar-refractivity contribution is 5.59. The van der Waals surface area contributed by atoms with Crippen LogP contribution in [0.2, 0.25) is 0 Å². The molecule has 0 spiro atoms. The molecule has 0 N–H and O–H groups in total. The maximum absolute atomic E-state index is 12.0. The van der Waals surface area contributed by atoms with Gasteiger partial charge in [-0.3, -0.25) is 0 Å². The summed E-state index contributed by atoms with van der Waals surface area (Å²) in [6.07, 6.45) is 20.6. The van der Waals surface area contributed by atoms with Crippen molar-refractivity contribution >= 4 is 6.16 Å². The second-order valence-corrected chi connectivity index (χ2v) is 9.64. The highest BCUT2D eigenvalue weighted by Crippen LogP contribution is 2.33. The second kappa shape index (κ2) is 14.3. The Labute approximate surface area is 174 Å². The van der Waals surface area contributed by atoms with Gasteiger partial charge in [-0.1, -0.05) is 90.9 Å². The van der Waals surface area contributed by atoms with Gasteiger partial charge in [0, 0.05) is 0 Å². The van der Waals surface area contributed by atoms with Crippen molar-refractivity contribution in [2.24, 2.45) is 23.7 Å². The van der Waals surface area contributed by atoms with E-state index < -0.39 is 6.16 Å². The first kappa shape index (κ1) is 23.5. The molecule has 0 saturated heterocycles. The van der Waals surface area contributed by atoms with Gasteiger partial charge in [0.25, 0.3) is 0 Å². The summed E-state index contributed by atoms with van der Waals surface area (Å²) in [6.45, 7) is 5.66. The lowest BCUT2D eigenvalue weighted by molar-refractivity contribution is 0.0231. The van der Waals surface area contributed by atoms with E-state index in [-0.39, 0.29) is 0 Å². The maximum atomic E-state index is 12.0. The fourth-order valence-corrected chi connectivity index (χ4v) is 5.15. The number of unbranched alkanes of at least 4 members (excludes halogenated alkanes) is 4. The fraction of sp³-hybridized carbons (Fsp3) is 0.960. The third-order valence-electron chi connectivity index (χ3n) is 7.24. The molecule has 0 heterocycles. The predicted octanol–water partition coefficient (Wildman–Crippen LogP) is 7.91. The third-order valence-corrected chi connectivity index (χ3v) is 7.24. The van der Waals surface area contributed by atoms with Crippen LogP contribution in [0.3, 0.4) is 0 Å². The summed E-state index contributed by atoms with van der Waals surface area (Å²) in [5.74, 6) is 2.92. The molecule has 0 radical (unpaired) electrons. The van der Waals surface area contributed by atoms with Crippen molar-refractivity contribution in [3.63, 3.8) is 0 Å². The first-order valence-corrected chi connectivity index (χ1v) is 12.5. The van der Waals surface area contributed by atoms with Crippen LogP contribution in [0.25, 0.3) is 0 Å². The van der Waals surface area contributed by atoms with Crippen molar-refractivity contribution in [1.82, 2.24) is 0 Å². The molecule has 2 rings (SSSR count). The first-order valence-electron chi connectivity index (χ1n) is 12.5. The van der Waals surface area contributed by atoms with E-state index in [4.69, 9.17) is 9.47 Å². The number of carbonyl (C=O) groups is 1. The van der Waals surface area contributed by atoms with Crippen molar-refractivity contribution in [2.75, 3.05) is 13.2 Å². The standard InChI is InChI=1S/C25H46O3/c1-3-5-7-9-21-11-15-23(16-12-21)19-27-25(26)28-20-24-17-13-22(14-18-24)10-8-6-4-2/h21-24H,3-20H2,1-2H3.